The second kappa shape index (κ2) is 6.47. The standard InChI is InChI=1S/C17H14BN3O2/c1-3-23-18-19-17-15-10-9-13(12(2)22)11-16(15)20-21(17)14-7-5-4-6-8-14/h1,4-12,22H,2H3. The molecule has 6 heteroatoms. The molecule has 0 aliphatic heterocycles. The van der Waals surface area contributed by atoms with Crippen molar-refractivity contribution in [2.24, 2.45) is 4.90 Å². The average molecular weight is 303 g/mol. The first-order chi connectivity index (χ1) is 11.2. The first-order valence-corrected chi connectivity index (χ1v) is 7.10. The summed E-state index contributed by atoms with van der Waals surface area (Å²) in [6.45, 7) is 1.72. The van der Waals surface area contributed by atoms with Crippen LogP contribution in [0.3, 0.4) is 0 Å². The molecule has 0 spiro atoms. The van der Waals surface area contributed by atoms with Crippen molar-refractivity contribution in [3.05, 3.63) is 54.1 Å². The number of aliphatic hydroxyl groups excluding tert-OH is 1. The second-order valence-corrected chi connectivity index (χ2v) is 4.99. The van der Waals surface area contributed by atoms with Gasteiger partial charge in [0.2, 0.25) is 0 Å². The van der Waals surface area contributed by atoms with E-state index in [2.05, 4.69) is 9.99 Å². The fourth-order valence-corrected chi connectivity index (χ4v) is 2.33. The Balaban J connectivity index is 2.20. The Morgan fingerprint density at radius 1 is 1.30 bits per heavy atom. The molecule has 0 bridgehead atoms. The van der Waals surface area contributed by atoms with Gasteiger partial charge in [0.1, 0.15) is 0 Å². The molecule has 112 valence electrons. The zero-order valence-corrected chi connectivity index (χ0v) is 12.5. The molecule has 1 aromatic heterocycles. The summed E-state index contributed by atoms with van der Waals surface area (Å²) < 4.78 is 6.48. The van der Waals surface area contributed by atoms with E-state index in [0.717, 1.165) is 22.2 Å². The molecule has 1 heterocycles. The van der Waals surface area contributed by atoms with E-state index in [1.807, 2.05) is 54.6 Å². The van der Waals surface area contributed by atoms with Crippen molar-refractivity contribution in [2.45, 2.75) is 13.0 Å². The first kappa shape index (κ1) is 15.0. The van der Waals surface area contributed by atoms with Crippen molar-refractivity contribution in [3.63, 3.8) is 0 Å². The van der Waals surface area contributed by atoms with Crippen molar-refractivity contribution in [2.75, 3.05) is 0 Å². The van der Waals surface area contributed by atoms with E-state index in [0.29, 0.717) is 5.82 Å². The summed E-state index contributed by atoms with van der Waals surface area (Å²) in [4.78, 5) is 4.28. The third-order valence-corrected chi connectivity index (χ3v) is 3.45. The molecule has 2 aromatic carbocycles. The Labute approximate surface area is 134 Å². The fraction of sp³-hybridized carbons (Fsp3) is 0.118. The molecule has 1 unspecified atom stereocenters. The summed E-state index contributed by atoms with van der Waals surface area (Å²) in [5, 5.41) is 15.2. The van der Waals surface area contributed by atoms with Gasteiger partial charge < -0.3 is 0 Å². The maximum absolute atomic E-state index is 9.74. The van der Waals surface area contributed by atoms with Gasteiger partial charge in [-0.1, -0.05) is 0 Å². The summed E-state index contributed by atoms with van der Waals surface area (Å²) in [5.41, 5.74) is 2.40. The number of terminal acetylenes is 1. The van der Waals surface area contributed by atoms with Gasteiger partial charge in [0, 0.05) is 0 Å². The number of rotatable bonds is 4. The van der Waals surface area contributed by atoms with Gasteiger partial charge in [-0.3, -0.25) is 0 Å². The molecule has 0 fully saturated rings. The van der Waals surface area contributed by atoms with E-state index in [4.69, 9.17) is 11.1 Å². The molecule has 0 saturated heterocycles. The summed E-state index contributed by atoms with van der Waals surface area (Å²) in [5.74, 6) is 0.610. The van der Waals surface area contributed by atoms with Crippen LogP contribution in [0.1, 0.15) is 18.6 Å². The number of aliphatic hydroxyl groups is 1. The molecule has 3 rings (SSSR count). The van der Waals surface area contributed by atoms with Gasteiger partial charge in [0.25, 0.3) is 0 Å². The van der Waals surface area contributed by atoms with Crippen LogP contribution < -0.4 is 0 Å². The number of aromatic nitrogens is 2. The van der Waals surface area contributed by atoms with Gasteiger partial charge in [-0.2, -0.15) is 0 Å². The predicted octanol–water partition coefficient (Wildman–Crippen LogP) is 3.12. The van der Waals surface area contributed by atoms with Gasteiger partial charge in [-0.25, -0.2) is 0 Å². The predicted molar refractivity (Wildman–Crippen MR) is 89.5 cm³/mol. The van der Waals surface area contributed by atoms with Gasteiger partial charge in [-0.15, -0.1) is 0 Å². The van der Waals surface area contributed by atoms with Crippen LogP contribution in [0, 0.1) is 12.5 Å². The Hall–Kier alpha value is -2.91. The molecule has 0 amide bonds. The van der Waals surface area contributed by atoms with Crippen LogP contribution in [0.15, 0.2) is 53.4 Å². The van der Waals surface area contributed by atoms with Crippen LogP contribution in [0.5, 0.6) is 0 Å². The Bertz CT molecular complexity index is 895. The van der Waals surface area contributed by atoms with Crippen molar-refractivity contribution in [3.8, 4) is 18.2 Å². The maximum atomic E-state index is 9.74. The van der Waals surface area contributed by atoms with E-state index in [-0.39, 0.29) is 0 Å². The number of fused-ring (bicyclic) bond motifs is 1. The molecule has 0 radical (unpaired) electrons. The van der Waals surface area contributed by atoms with Crippen molar-refractivity contribution < 1.29 is 9.76 Å². The van der Waals surface area contributed by atoms with Gasteiger partial charge in [-0.05, 0) is 0 Å². The molecule has 5 nitrogen and oxygen atoms in total. The monoisotopic (exact) mass is 303 g/mol. The number of hydrogen-bond acceptors (Lipinski definition) is 4. The molecule has 0 aliphatic rings. The van der Waals surface area contributed by atoms with Crippen LogP contribution in [-0.2, 0) is 4.65 Å². The van der Waals surface area contributed by atoms with Crippen LogP contribution >= 0.6 is 0 Å². The van der Waals surface area contributed by atoms with Gasteiger partial charge in [0.15, 0.2) is 0 Å². The van der Waals surface area contributed by atoms with Gasteiger partial charge >= 0.3 is 134 Å². The summed E-state index contributed by atoms with van der Waals surface area (Å²) in [6, 6.07) is 15.2. The first-order valence-electron chi connectivity index (χ1n) is 7.10. The molecule has 0 aliphatic carbocycles. The molecular weight excluding hydrogens is 289 g/mol. The summed E-state index contributed by atoms with van der Waals surface area (Å²) in [7, 11) is 1.21. The molecule has 3 aromatic rings. The van der Waals surface area contributed by atoms with Crippen molar-refractivity contribution in [1.82, 2.24) is 9.78 Å². The van der Waals surface area contributed by atoms with Crippen molar-refractivity contribution >= 4 is 24.0 Å². The summed E-state index contributed by atoms with van der Waals surface area (Å²) in [6.07, 6.45) is 6.56. The van der Waals surface area contributed by atoms with Crippen LogP contribution in [0.25, 0.3) is 16.6 Å². The zero-order chi connectivity index (χ0) is 16.2. The SMILES string of the molecule is C#CO/B=N/c1c2ccc(C(C)O)cc2nn1-c1ccccc1. The van der Waals surface area contributed by atoms with E-state index in [1.54, 1.807) is 11.6 Å². The normalized spacial score (nSPS) is 12.0. The third-order valence-electron chi connectivity index (χ3n) is 3.45. The quantitative estimate of drug-likeness (QED) is 0.595. The number of benzene rings is 2. The van der Waals surface area contributed by atoms with Crippen LogP contribution in [-0.4, -0.2) is 22.2 Å². The summed E-state index contributed by atoms with van der Waals surface area (Å²) >= 11 is 0. The zero-order valence-electron chi connectivity index (χ0n) is 12.5. The Morgan fingerprint density at radius 3 is 2.78 bits per heavy atom. The van der Waals surface area contributed by atoms with Gasteiger partial charge in [0.05, 0.1) is 0 Å². The average Bonchev–Trinajstić information content (AvgIpc) is 2.94. The molecule has 1 atom stereocenters. The van der Waals surface area contributed by atoms with Crippen molar-refractivity contribution in [1.29, 1.82) is 0 Å². The fourth-order valence-electron chi connectivity index (χ4n) is 2.33. The minimum atomic E-state index is -0.557. The number of para-hydroxylation sites is 1. The van der Waals surface area contributed by atoms with Crippen LogP contribution in [0.2, 0.25) is 0 Å². The van der Waals surface area contributed by atoms with Crippen LogP contribution in [0.4, 0.5) is 5.82 Å². The third kappa shape index (κ3) is 3.00. The Kier molecular flexibility index (Phi) is 4.22. The topological polar surface area (TPSA) is 59.6 Å². The molecule has 1 N–H and O–H groups in total. The van der Waals surface area contributed by atoms with E-state index >= 15 is 0 Å². The molecule has 0 saturated carbocycles. The Morgan fingerprint density at radius 2 is 2.09 bits per heavy atom. The number of hydrogen-bond donors (Lipinski definition) is 1. The van der Waals surface area contributed by atoms with E-state index < -0.39 is 6.10 Å². The molecular formula is C17H14BN3O2. The minimum absolute atomic E-state index is 0.557. The second-order valence-electron chi connectivity index (χ2n) is 4.99. The van der Waals surface area contributed by atoms with E-state index in [1.165, 1.54) is 7.27 Å². The van der Waals surface area contributed by atoms with E-state index in [9.17, 15) is 5.11 Å². The molecule has 23 heavy (non-hydrogen) atoms. The number of nitrogens with zero attached hydrogens (tertiary/aromatic N) is 3.